The number of aromatic nitrogens is 1. The Morgan fingerprint density at radius 3 is 2.55 bits per heavy atom. The van der Waals surface area contributed by atoms with E-state index in [2.05, 4.69) is 24.1 Å². The lowest BCUT2D eigenvalue weighted by atomic mass is 10.0. The predicted molar refractivity (Wildman–Crippen MR) is 89.4 cm³/mol. The third kappa shape index (κ3) is 4.40. The van der Waals surface area contributed by atoms with E-state index in [1.165, 1.54) is 0 Å². The van der Waals surface area contributed by atoms with Gasteiger partial charge in [-0.15, -0.1) is 0 Å². The molecule has 1 aromatic carbocycles. The Morgan fingerprint density at radius 2 is 1.91 bits per heavy atom. The minimum Gasteiger partial charge on any atom is -0.348 e. The highest BCUT2D eigenvalue weighted by Crippen LogP contribution is 2.18. The number of nitrogens with two attached hydrogens (primary N) is 1. The van der Waals surface area contributed by atoms with Crippen molar-refractivity contribution < 1.29 is 4.79 Å². The fraction of sp³-hybridized carbons (Fsp3) is 0.333. The Bertz CT molecular complexity index is 611. The van der Waals surface area contributed by atoms with Gasteiger partial charge in [0.1, 0.15) is 0 Å². The molecule has 2 aromatic rings. The largest absolute Gasteiger partial charge is 0.348 e. The van der Waals surface area contributed by atoms with Crippen molar-refractivity contribution in [3.8, 4) is 11.1 Å². The monoisotopic (exact) mass is 297 g/mol. The normalized spacial score (nSPS) is 12.2. The van der Waals surface area contributed by atoms with Crippen LogP contribution in [0.3, 0.4) is 0 Å². The Balaban J connectivity index is 2.13. The summed E-state index contributed by atoms with van der Waals surface area (Å²) >= 11 is 0. The van der Waals surface area contributed by atoms with Crippen molar-refractivity contribution in [2.75, 3.05) is 6.54 Å². The summed E-state index contributed by atoms with van der Waals surface area (Å²) in [4.78, 5) is 16.6. The third-order valence-corrected chi connectivity index (χ3v) is 3.48. The van der Waals surface area contributed by atoms with Gasteiger partial charge in [-0.25, -0.2) is 0 Å². The van der Waals surface area contributed by atoms with E-state index in [1.54, 1.807) is 12.4 Å². The van der Waals surface area contributed by atoms with E-state index in [1.807, 2.05) is 36.4 Å². The van der Waals surface area contributed by atoms with E-state index in [4.69, 9.17) is 5.73 Å². The Kier molecular flexibility index (Phi) is 5.67. The van der Waals surface area contributed by atoms with Gasteiger partial charge < -0.3 is 11.1 Å². The number of carbonyl (C=O) groups is 1. The summed E-state index contributed by atoms with van der Waals surface area (Å²) in [6.07, 6.45) is 4.22. The van der Waals surface area contributed by atoms with Crippen LogP contribution in [-0.2, 0) is 0 Å². The zero-order valence-electron chi connectivity index (χ0n) is 13.1. The van der Waals surface area contributed by atoms with Gasteiger partial charge >= 0.3 is 0 Å². The van der Waals surface area contributed by atoms with Crippen LogP contribution in [-0.4, -0.2) is 23.5 Å². The van der Waals surface area contributed by atoms with Crippen LogP contribution in [0, 0.1) is 5.92 Å². The van der Waals surface area contributed by atoms with Crippen LogP contribution in [0.15, 0.2) is 48.8 Å². The van der Waals surface area contributed by atoms with E-state index < -0.39 is 0 Å². The van der Waals surface area contributed by atoms with E-state index in [0.29, 0.717) is 18.0 Å². The molecule has 0 aliphatic heterocycles. The molecule has 0 saturated heterocycles. The topological polar surface area (TPSA) is 68.0 Å². The molecule has 0 radical (unpaired) electrons. The summed E-state index contributed by atoms with van der Waals surface area (Å²) in [6, 6.07) is 11.8. The van der Waals surface area contributed by atoms with Crippen LogP contribution >= 0.6 is 0 Å². The summed E-state index contributed by atoms with van der Waals surface area (Å²) < 4.78 is 0. The van der Waals surface area contributed by atoms with Gasteiger partial charge in [0.15, 0.2) is 0 Å². The van der Waals surface area contributed by atoms with Crippen LogP contribution in [0.5, 0.6) is 0 Å². The molecule has 4 heteroatoms. The number of benzene rings is 1. The van der Waals surface area contributed by atoms with Gasteiger partial charge in [0, 0.05) is 30.5 Å². The van der Waals surface area contributed by atoms with Crippen molar-refractivity contribution in [3.63, 3.8) is 0 Å². The van der Waals surface area contributed by atoms with Gasteiger partial charge in [-0.1, -0.05) is 44.2 Å². The summed E-state index contributed by atoms with van der Waals surface area (Å²) in [5.74, 6) is 0.365. The Morgan fingerprint density at radius 1 is 1.18 bits per heavy atom. The fourth-order valence-corrected chi connectivity index (χ4v) is 2.40. The third-order valence-electron chi connectivity index (χ3n) is 3.48. The van der Waals surface area contributed by atoms with Crippen LogP contribution in [0.4, 0.5) is 0 Å². The molecule has 0 bridgehead atoms. The molecule has 1 heterocycles. The predicted octanol–water partition coefficient (Wildman–Crippen LogP) is 2.85. The molecular formula is C18H23N3O. The van der Waals surface area contributed by atoms with Gasteiger partial charge in [0.05, 0.1) is 5.56 Å². The second-order valence-corrected chi connectivity index (χ2v) is 5.86. The number of carbonyl (C=O) groups excluding carboxylic acids is 1. The Labute approximate surface area is 131 Å². The zero-order chi connectivity index (χ0) is 15.9. The van der Waals surface area contributed by atoms with Crippen molar-refractivity contribution in [1.29, 1.82) is 0 Å². The molecule has 0 fully saturated rings. The second kappa shape index (κ2) is 7.71. The zero-order valence-corrected chi connectivity index (χ0v) is 13.1. The van der Waals surface area contributed by atoms with Crippen molar-refractivity contribution in [2.24, 2.45) is 11.7 Å². The molecule has 116 valence electrons. The maximum absolute atomic E-state index is 12.4. The fourth-order valence-electron chi connectivity index (χ4n) is 2.40. The molecule has 0 aliphatic rings. The quantitative estimate of drug-likeness (QED) is 0.861. The van der Waals surface area contributed by atoms with Crippen LogP contribution in [0.2, 0.25) is 0 Å². The van der Waals surface area contributed by atoms with Crippen molar-refractivity contribution >= 4 is 5.91 Å². The highest BCUT2D eigenvalue weighted by Gasteiger charge is 2.14. The smallest absolute Gasteiger partial charge is 0.253 e. The summed E-state index contributed by atoms with van der Waals surface area (Å²) in [5, 5.41) is 2.99. The van der Waals surface area contributed by atoms with Gasteiger partial charge in [0.25, 0.3) is 5.91 Å². The molecule has 0 aliphatic carbocycles. The average Bonchev–Trinajstić information content (AvgIpc) is 2.54. The van der Waals surface area contributed by atoms with Gasteiger partial charge in [-0.05, 0) is 24.0 Å². The molecule has 3 N–H and O–H groups in total. The number of pyridine rings is 1. The highest BCUT2D eigenvalue weighted by atomic mass is 16.1. The molecule has 2 rings (SSSR count). The summed E-state index contributed by atoms with van der Waals surface area (Å²) in [7, 11) is 0. The standard InChI is InChI=1S/C18H23N3O/c1-13(2)8-17(10-19)21-18(22)16-9-15(11-20-12-16)14-6-4-3-5-7-14/h3-7,9,11-13,17H,8,10,19H2,1-2H3,(H,21,22). The molecule has 0 saturated carbocycles. The second-order valence-electron chi connectivity index (χ2n) is 5.86. The molecule has 1 unspecified atom stereocenters. The Hall–Kier alpha value is -2.20. The van der Waals surface area contributed by atoms with Gasteiger partial charge in [-0.3, -0.25) is 9.78 Å². The SMILES string of the molecule is CC(C)CC(CN)NC(=O)c1cncc(-c2ccccc2)c1. The molecule has 1 amide bonds. The summed E-state index contributed by atoms with van der Waals surface area (Å²) in [5.41, 5.74) is 8.27. The molecule has 0 spiro atoms. The van der Waals surface area contributed by atoms with E-state index in [-0.39, 0.29) is 11.9 Å². The van der Waals surface area contributed by atoms with E-state index >= 15 is 0 Å². The first-order chi connectivity index (χ1) is 10.6. The maximum Gasteiger partial charge on any atom is 0.253 e. The lowest BCUT2D eigenvalue weighted by molar-refractivity contribution is 0.0933. The number of amides is 1. The van der Waals surface area contributed by atoms with Crippen molar-refractivity contribution in [3.05, 3.63) is 54.4 Å². The lowest BCUT2D eigenvalue weighted by Gasteiger charge is -2.18. The molecule has 22 heavy (non-hydrogen) atoms. The minimum atomic E-state index is -0.124. The number of hydrogen-bond acceptors (Lipinski definition) is 3. The molecule has 1 atom stereocenters. The molecule has 4 nitrogen and oxygen atoms in total. The van der Waals surface area contributed by atoms with Crippen LogP contribution in [0.25, 0.3) is 11.1 Å². The maximum atomic E-state index is 12.4. The number of nitrogens with one attached hydrogen (secondary N) is 1. The van der Waals surface area contributed by atoms with Gasteiger partial charge in [0.2, 0.25) is 0 Å². The van der Waals surface area contributed by atoms with Gasteiger partial charge in [-0.2, -0.15) is 0 Å². The number of rotatable bonds is 6. The summed E-state index contributed by atoms with van der Waals surface area (Å²) in [6.45, 7) is 4.68. The van der Waals surface area contributed by atoms with E-state index in [0.717, 1.165) is 17.5 Å². The molecule has 1 aromatic heterocycles. The number of hydrogen-bond donors (Lipinski definition) is 2. The minimum absolute atomic E-state index is 0.00659. The lowest BCUT2D eigenvalue weighted by Crippen LogP contribution is -2.41. The highest BCUT2D eigenvalue weighted by molar-refractivity contribution is 5.95. The number of nitrogens with zero attached hydrogens (tertiary/aromatic N) is 1. The first kappa shape index (κ1) is 16.2. The first-order valence-corrected chi connectivity index (χ1v) is 7.61. The molecular weight excluding hydrogens is 274 g/mol. The van der Waals surface area contributed by atoms with E-state index in [9.17, 15) is 4.79 Å². The van der Waals surface area contributed by atoms with Crippen LogP contribution in [0.1, 0.15) is 30.6 Å². The van der Waals surface area contributed by atoms with Crippen LogP contribution < -0.4 is 11.1 Å². The van der Waals surface area contributed by atoms with Crippen molar-refractivity contribution in [2.45, 2.75) is 26.3 Å². The van der Waals surface area contributed by atoms with Crippen molar-refractivity contribution in [1.82, 2.24) is 10.3 Å². The average molecular weight is 297 g/mol. The first-order valence-electron chi connectivity index (χ1n) is 7.61.